The fourth-order valence-corrected chi connectivity index (χ4v) is 6.20. The maximum atomic E-state index is 13.4. The zero-order valence-electron chi connectivity index (χ0n) is 20.8. The minimum Gasteiger partial charge on any atom is -0.368 e. The molecule has 0 bridgehead atoms. The first kappa shape index (κ1) is 22.5. The fourth-order valence-electron chi connectivity index (χ4n) is 6.20. The molecule has 1 unspecified atom stereocenters. The van der Waals surface area contributed by atoms with Crippen LogP contribution in [0.3, 0.4) is 0 Å². The predicted octanol–water partition coefficient (Wildman–Crippen LogP) is 3.03. The summed E-state index contributed by atoms with van der Waals surface area (Å²) in [5.74, 6) is 2.22. The quantitative estimate of drug-likeness (QED) is 0.681. The van der Waals surface area contributed by atoms with Gasteiger partial charge in [0, 0.05) is 63.0 Å². The van der Waals surface area contributed by atoms with Crippen molar-refractivity contribution in [3.05, 3.63) is 30.1 Å². The van der Waals surface area contributed by atoms with Crippen LogP contribution >= 0.6 is 0 Å². The molecule has 9 nitrogen and oxygen atoms in total. The highest BCUT2D eigenvalue weighted by Crippen LogP contribution is 2.40. The Kier molecular flexibility index (Phi) is 5.75. The summed E-state index contributed by atoms with van der Waals surface area (Å²) in [5.41, 5.74) is 1.61. The van der Waals surface area contributed by atoms with Gasteiger partial charge in [-0.25, -0.2) is 9.97 Å². The van der Waals surface area contributed by atoms with Gasteiger partial charge in [-0.15, -0.1) is 0 Å². The molecule has 3 aliphatic heterocycles. The third kappa shape index (κ3) is 4.20. The first-order valence-electron chi connectivity index (χ1n) is 13.2. The summed E-state index contributed by atoms with van der Waals surface area (Å²) in [6.07, 6.45) is 10.0. The summed E-state index contributed by atoms with van der Waals surface area (Å²) in [6.45, 7) is 9.54. The van der Waals surface area contributed by atoms with E-state index in [0.29, 0.717) is 30.3 Å². The summed E-state index contributed by atoms with van der Waals surface area (Å²) < 4.78 is 0. The van der Waals surface area contributed by atoms with Crippen LogP contribution in [-0.2, 0) is 11.2 Å². The Bertz CT molecular complexity index is 1080. The molecule has 9 heteroatoms. The lowest BCUT2D eigenvalue weighted by molar-refractivity contribution is -0.133. The number of nitrogens with one attached hydrogen (secondary N) is 2. The largest absolute Gasteiger partial charge is 0.368 e. The number of rotatable bonds is 5. The molecule has 2 aromatic heterocycles. The van der Waals surface area contributed by atoms with Crippen molar-refractivity contribution >= 4 is 29.2 Å². The molecule has 5 heterocycles. The molecule has 1 spiro atoms. The van der Waals surface area contributed by atoms with Crippen LogP contribution in [0.15, 0.2) is 24.5 Å². The third-order valence-electron chi connectivity index (χ3n) is 8.33. The Morgan fingerprint density at radius 3 is 2.57 bits per heavy atom. The van der Waals surface area contributed by atoms with Crippen LogP contribution in [0.5, 0.6) is 0 Å². The first-order chi connectivity index (χ1) is 17.0. The van der Waals surface area contributed by atoms with Gasteiger partial charge in [0.05, 0.1) is 11.9 Å². The second-order valence-electron chi connectivity index (χ2n) is 10.8. The van der Waals surface area contributed by atoms with E-state index in [1.807, 2.05) is 18.5 Å². The van der Waals surface area contributed by atoms with Gasteiger partial charge < -0.3 is 20.4 Å². The van der Waals surface area contributed by atoms with Crippen LogP contribution in [0.1, 0.15) is 51.5 Å². The first-order valence-corrected chi connectivity index (χ1v) is 13.2. The molecule has 1 saturated carbocycles. The van der Waals surface area contributed by atoms with Crippen molar-refractivity contribution in [2.75, 3.05) is 48.3 Å². The van der Waals surface area contributed by atoms with Crippen molar-refractivity contribution in [1.82, 2.24) is 24.8 Å². The van der Waals surface area contributed by atoms with E-state index in [2.05, 4.69) is 55.2 Å². The summed E-state index contributed by atoms with van der Waals surface area (Å²) in [5, 5.41) is 6.72. The van der Waals surface area contributed by atoms with Crippen LogP contribution in [0.2, 0.25) is 0 Å². The molecule has 2 saturated heterocycles. The normalized spacial score (nSPS) is 25.1. The molecule has 0 radical (unpaired) electrons. The van der Waals surface area contributed by atoms with Crippen molar-refractivity contribution in [3.63, 3.8) is 0 Å². The van der Waals surface area contributed by atoms with Crippen molar-refractivity contribution in [3.8, 4) is 0 Å². The predicted molar refractivity (Wildman–Crippen MR) is 137 cm³/mol. The lowest BCUT2D eigenvalue weighted by atomic mass is 9.94. The molecule has 1 amide bonds. The van der Waals surface area contributed by atoms with Gasteiger partial charge in [0.2, 0.25) is 11.9 Å². The van der Waals surface area contributed by atoms with E-state index in [-0.39, 0.29) is 5.91 Å². The second-order valence-corrected chi connectivity index (χ2v) is 10.8. The summed E-state index contributed by atoms with van der Waals surface area (Å²) in [6, 6.07) is 5.10. The van der Waals surface area contributed by atoms with Crippen molar-refractivity contribution in [1.29, 1.82) is 0 Å². The smallest absolute Gasteiger partial charge is 0.248 e. The molecule has 186 valence electrons. The Morgan fingerprint density at radius 2 is 1.86 bits per heavy atom. The zero-order valence-corrected chi connectivity index (χ0v) is 20.8. The summed E-state index contributed by atoms with van der Waals surface area (Å²) >= 11 is 0. The monoisotopic (exact) mass is 476 g/mol. The number of likely N-dealkylation sites (tertiary alicyclic amines) is 1. The number of hydrogen-bond donors (Lipinski definition) is 2. The number of carbonyl (C=O) groups is 1. The van der Waals surface area contributed by atoms with Gasteiger partial charge in [0.15, 0.2) is 0 Å². The number of piperazine rings is 1. The lowest BCUT2D eigenvalue weighted by Crippen LogP contribution is -2.48. The second kappa shape index (κ2) is 8.93. The van der Waals surface area contributed by atoms with Crippen LogP contribution in [-0.4, -0.2) is 81.0 Å². The van der Waals surface area contributed by atoms with Crippen LogP contribution in [0, 0.1) is 0 Å². The van der Waals surface area contributed by atoms with Gasteiger partial charge in [-0.1, -0.05) is 12.8 Å². The maximum absolute atomic E-state index is 13.4. The molecular formula is C26H36N8O. The minimum atomic E-state index is -0.544. The summed E-state index contributed by atoms with van der Waals surface area (Å²) in [7, 11) is 0. The SMILES string of the molecule is CC(C)N1CCN(c2ccc(Nc3ncc4c(n3)NC3(CCN(C5CCCC5)C3=O)C4)nc2)CC1. The van der Waals surface area contributed by atoms with Gasteiger partial charge in [0.25, 0.3) is 0 Å². The van der Waals surface area contributed by atoms with Crippen molar-refractivity contribution in [2.45, 2.75) is 70.0 Å². The van der Waals surface area contributed by atoms with Gasteiger partial charge in [-0.2, -0.15) is 4.98 Å². The number of pyridine rings is 1. The van der Waals surface area contributed by atoms with Gasteiger partial charge in [0.1, 0.15) is 17.2 Å². The minimum absolute atomic E-state index is 0.239. The van der Waals surface area contributed by atoms with E-state index in [9.17, 15) is 4.79 Å². The Morgan fingerprint density at radius 1 is 1.06 bits per heavy atom. The number of amides is 1. The number of anilines is 4. The van der Waals surface area contributed by atoms with E-state index in [1.165, 1.54) is 12.8 Å². The van der Waals surface area contributed by atoms with E-state index in [1.54, 1.807) is 0 Å². The van der Waals surface area contributed by atoms with E-state index in [0.717, 1.165) is 69.1 Å². The zero-order chi connectivity index (χ0) is 24.0. The van der Waals surface area contributed by atoms with E-state index in [4.69, 9.17) is 4.98 Å². The topological polar surface area (TPSA) is 89.5 Å². The number of aromatic nitrogens is 3. The number of nitrogens with zero attached hydrogens (tertiary/aromatic N) is 6. The number of hydrogen-bond acceptors (Lipinski definition) is 8. The Labute approximate surface area is 207 Å². The molecule has 1 aliphatic carbocycles. The molecular weight excluding hydrogens is 440 g/mol. The van der Waals surface area contributed by atoms with Crippen molar-refractivity contribution < 1.29 is 4.79 Å². The molecule has 0 aromatic carbocycles. The fraction of sp³-hybridized carbons (Fsp3) is 0.615. The molecule has 3 fully saturated rings. The number of fused-ring (bicyclic) bond motifs is 1. The summed E-state index contributed by atoms with van der Waals surface area (Å²) in [4.78, 5) is 34.2. The van der Waals surface area contributed by atoms with Crippen molar-refractivity contribution in [2.24, 2.45) is 0 Å². The Hall–Kier alpha value is -2.94. The maximum Gasteiger partial charge on any atom is 0.248 e. The van der Waals surface area contributed by atoms with Crippen LogP contribution < -0.4 is 15.5 Å². The highest BCUT2D eigenvalue weighted by molar-refractivity contribution is 5.94. The van der Waals surface area contributed by atoms with E-state index >= 15 is 0 Å². The van der Waals surface area contributed by atoms with Gasteiger partial charge >= 0.3 is 0 Å². The lowest BCUT2D eigenvalue weighted by Gasteiger charge is -2.38. The number of carbonyl (C=O) groups excluding carboxylic acids is 1. The highest BCUT2D eigenvalue weighted by Gasteiger charge is 2.52. The van der Waals surface area contributed by atoms with Gasteiger partial charge in [-0.05, 0) is 45.2 Å². The molecule has 6 rings (SSSR count). The van der Waals surface area contributed by atoms with Gasteiger partial charge in [-0.3, -0.25) is 9.69 Å². The molecule has 4 aliphatic rings. The molecule has 1 atom stereocenters. The Balaban J connectivity index is 1.09. The van der Waals surface area contributed by atoms with Crippen LogP contribution in [0.4, 0.5) is 23.3 Å². The van der Waals surface area contributed by atoms with E-state index < -0.39 is 5.54 Å². The average Bonchev–Trinajstić information content (AvgIpc) is 3.59. The average molecular weight is 477 g/mol. The third-order valence-corrected chi connectivity index (χ3v) is 8.33. The molecule has 2 aromatic rings. The highest BCUT2D eigenvalue weighted by atomic mass is 16.2. The molecule has 2 N–H and O–H groups in total. The standard InChI is InChI=1S/C26H36N8O/c1-18(2)32-11-13-33(14-12-32)21-7-8-22(27-17-21)29-25-28-16-19-15-26(31-23(19)30-25)9-10-34(24(26)35)20-5-3-4-6-20/h7-8,16-18,20H,3-6,9-15H2,1-2H3,(H2,27,28,29,30,31). The molecule has 35 heavy (non-hydrogen) atoms. The van der Waals surface area contributed by atoms with Crippen LogP contribution in [0.25, 0.3) is 0 Å².